The van der Waals surface area contributed by atoms with E-state index in [0.717, 1.165) is 12.8 Å². The van der Waals surface area contributed by atoms with Crippen molar-refractivity contribution >= 4 is 11.8 Å². The molecule has 1 fully saturated rings. The van der Waals surface area contributed by atoms with Crippen molar-refractivity contribution < 1.29 is 14.0 Å². The monoisotopic (exact) mass is 320 g/mol. The van der Waals surface area contributed by atoms with E-state index in [2.05, 4.69) is 5.32 Å². The fourth-order valence-corrected chi connectivity index (χ4v) is 2.86. The number of amides is 2. The molecule has 0 aromatic heterocycles. The van der Waals surface area contributed by atoms with Gasteiger partial charge in [-0.3, -0.25) is 9.59 Å². The first-order valence-corrected chi connectivity index (χ1v) is 8.25. The summed E-state index contributed by atoms with van der Waals surface area (Å²) in [6.07, 6.45) is 2.32. The van der Waals surface area contributed by atoms with Crippen LogP contribution in [0.5, 0.6) is 0 Å². The molecule has 0 bridgehead atoms. The lowest BCUT2D eigenvalue weighted by molar-refractivity contribution is -0.131. The van der Waals surface area contributed by atoms with Gasteiger partial charge in [0, 0.05) is 25.6 Å². The van der Waals surface area contributed by atoms with Crippen LogP contribution in [0.3, 0.4) is 0 Å². The average molecular weight is 320 g/mol. The zero-order chi connectivity index (χ0) is 16.8. The second-order valence-electron chi connectivity index (χ2n) is 6.63. The van der Waals surface area contributed by atoms with Crippen LogP contribution in [-0.4, -0.2) is 35.8 Å². The lowest BCUT2D eigenvalue weighted by atomic mass is 10.0. The Balaban J connectivity index is 1.77. The highest BCUT2D eigenvalue weighted by Gasteiger charge is 2.24. The number of halogens is 1. The average Bonchev–Trinajstić information content (AvgIpc) is 2.47. The van der Waals surface area contributed by atoms with E-state index in [1.807, 2.05) is 13.8 Å². The van der Waals surface area contributed by atoms with Crippen molar-refractivity contribution in [3.8, 4) is 0 Å². The van der Waals surface area contributed by atoms with Gasteiger partial charge in [-0.2, -0.15) is 0 Å². The quantitative estimate of drug-likeness (QED) is 0.906. The molecule has 1 heterocycles. The van der Waals surface area contributed by atoms with E-state index in [1.165, 1.54) is 12.1 Å². The van der Waals surface area contributed by atoms with Crippen molar-refractivity contribution in [2.75, 3.05) is 13.1 Å². The number of likely N-dealkylation sites (tertiary alicyclic amines) is 1. The number of rotatable bonds is 5. The summed E-state index contributed by atoms with van der Waals surface area (Å²) in [5, 5.41) is 3.04. The number of benzene rings is 1. The van der Waals surface area contributed by atoms with Crippen LogP contribution in [0.4, 0.5) is 4.39 Å². The molecule has 0 unspecified atom stereocenters. The molecule has 1 aliphatic heterocycles. The Morgan fingerprint density at radius 3 is 2.61 bits per heavy atom. The van der Waals surface area contributed by atoms with Crippen molar-refractivity contribution in [3.05, 3.63) is 35.6 Å². The van der Waals surface area contributed by atoms with E-state index < -0.39 is 0 Å². The lowest BCUT2D eigenvalue weighted by Crippen LogP contribution is -2.47. The molecule has 0 saturated carbocycles. The number of carbonyl (C=O) groups excluding carboxylic acids is 2. The van der Waals surface area contributed by atoms with Gasteiger partial charge in [-0.15, -0.1) is 0 Å². The van der Waals surface area contributed by atoms with Gasteiger partial charge >= 0.3 is 0 Å². The first-order valence-electron chi connectivity index (χ1n) is 8.25. The summed E-state index contributed by atoms with van der Waals surface area (Å²) in [4.78, 5) is 25.9. The summed E-state index contributed by atoms with van der Waals surface area (Å²) >= 11 is 0. The topological polar surface area (TPSA) is 49.4 Å². The minimum absolute atomic E-state index is 0.0163. The van der Waals surface area contributed by atoms with Gasteiger partial charge in [-0.05, 0) is 36.5 Å². The number of nitrogens with zero attached hydrogens (tertiary/aromatic N) is 1. The van der Waals surface area contributed by atoms with Crippen LogP contribution in [-0.2, 0) is 16.0 Å². The molecular weight excluding hydrogens is 295 g/mol. The van der Waals surface area contributed by atoms with Crippen LogP contribution >= 0.6 is 0 Å². The number of hydrogen-bond acceptors (Lipinski definition) is 2. The van der Waals surface area contributed by atoms with Crippen LogP contribution in [0.2, 0.25) is 0 Å². The second-order valence-corrected chi connectivity index (χ2v) is 6.63. The first kappa shape index (κ1) is 17.4. The largest absolute Gasteiger partial charge is 0.353 e. The van der Waals surface area contributed by atoms with E-state index in [9.17, 15) is 14.0 Å². The maximum atomic E-state index is 13.2. The van der Waals surface area contributed by atoms with Crippen molar-refractivity contribution in [3.63, 3.8) is 0 Å². The fourth-order valence-electron chi connectivity index (χ4n) is 2.86. The predicted octanol–water partition coefficient (Wildman–Crippen LogP) is 2.52. The van der Waals surface area contributed by atoms with Gasteiger partial charge in [0.05, 0.1) is 6.42 Å². The predicted molar refractivity (Wildman–Crippen MR) is 87.3 cm³/mol. The van der Waals surface area contributed by atoms with Gasteiger partial charge in [0.25, 0.3) is 0 Å². The molecule has 0 aliphatic carbocycles. The molecule has 0 spiro atoms. The van der Waals surface area contributed by atoms with Crippen LogP contribution in [0.15, 0.2) is 24.3 Å². The number of carbonyl (C=O) groups is 2. The molecule has 1 N–H and O–H groups in total. The lowest BCUT2D eigenvalue weighted by Gasteiger charge is -2.32. The fraction of sp³-hybridized carbons (Fsp3) is 0.556. The normalized spacial score (nSPS) is 15.7. The summed E-state index contributed by atoms with van der Waals surface area (Å²) < 4.78 is 13.2. The molecule has 2 rings (SSSR count). The smallest absolute Gasteiger partial charge is 0.226 e. The van der Waals surface area contributed by atoms with Crippen LogP contribution in [0, 0.1) is 11.7 Å². The van der Waals surface area contributed by atoms with Crippen LogP contribution in [0.25, 0.3) is 0 Å². The molecule has 5 heteroatoms. The van der Waals surface area contributed by atoms with Crippen molar-refractivity contribution in [1.82, 2.24) is 10.2 Å². The Morgan fingerprint density at radius 2 is 2.00 bits per heavy atom. The van der Waals surface area contributed by atoms with Crippen molar-refractivity contribution in [2.45, 2.75) is 45.6 Å². The third-order valence-corrected chi connectivity index (χ3v) is 4.05. The Kier molecular flexibility index (Phi) is 6.13. The number of hydrogen-bond donors (Lipinski definition) is 1. The molecule has 2 amide bonds. The molecule has 126 valence electrons. The SMILES string of the molecule is CC(C)CC(=O)NC1CCN(C(=O)Cc2cccc(F)c2)CC1. The van der Waals surface area contributed by atoms with Gasteiger partial charge in [0.2, 0.25) is 11.8 Å². The summed E-state index contributed by atoms with van der Waals surface area (Å²) in [6.45, 7) is 5.32. The Morgan fingerprint density at radius 1 is 1.30 bits per heavy atom. The summed E-state index contributed by atoms with van der Waals surface area (Å²) in [5.41, 5.74) is 0.697. The standard InChI is InChI=1S/C18H25FN2O2/c1-13(2)10-17(22)20-16-6-8-21(9-7-16)18(23)12-14-4-3-5-15(19)11-14/h3-5,11,13,16H,6-10,12H2,1-2H3,(H,20,22). The first-order chi connectivity index (χ1) is 10.9. The molecule has 1 saturated heterocycles. The highest BCUT2D eigenvalue weighted by molar-refractivity contribution is 5.79. The molecule has 4 nitrogen and oxygen atoms in total. The van der Waals surface area contributed by atoms with Gasteiger partial charge in [-0.1, -0.05) is 26.0 Å². The zero-order valence-electron chi connectivity index (χ0n) is 13.8. The van der Waals surface area contributed by atoms with Crippen LogP contribution in [0.1, 0.15) is 38.7 Å². The highest BCUT2D eigenvalue weighted by atomic mass is 19.1. The molecule has 23 heavy (non-hydrogen) atoms. The Labute approximate surface area is 137 Å². The van der Waals surface area contributed by atoms with E-state index in [4.69, 9.17) is 0 Å². The van der Waals surface area contributed by atoms with Gasteiger partial charge < -0.3 is 10.2 Å². The molecule has 1 aromatic carbocycles. The third kappa shape index (κ3) is 5.66. The molecule has 0 radical (unpaired) electrons. The Bertz CT molecular complexity index is 552. The minimum Gasteiger partial charge on any atom is -0.353 e. The van der Waals surface area contributed by atoms with E-state index >= 15 is 0 Å². The third-order valence-electron chi connectivity index (χ3n) is 4.05. The minimum atomic E-state index is -0.318. The molecule has 1 aliphatic rings. The molecular formula is C18H25FN2O2. The van der Waals surface area contributed by atoms with Crippen LogP contribution < -0.4 is 5.32 Å². The van der Waals surface area contributed by atoms with E-state index in [-0.39, 0.29) is 30.1 Å². The maximum absolute atomic E-state index is 13.2. The van der Waals surface area contributed by atoms with Gasteiger partial charge in [-0.25, -0.2) is 4.39 Å². The summed E-state index contributed by atoms with van der Waals surface area (Å²) in [6, 6.07) is 6.31. The highest BCUT2D eigenvalue weighted by Crippen LogP contribution is 2.14. The number of piperidine rings is 1. The van der Waals surface area contributed by atoms with Crippen molar-refractivity contribution in [1.29, 1.82) is 0 Å². The molecule has 0 atom stereocenters. The second kappa shape index (κ2) is 8.09. The number of nitrogens with one attached hydrogen (secondary N) is 1. The maximum Gasteiger partial charge on any atom is 0.226 e. The van der Waals surface area contributed by atoms with E-state index in [1.54, 1.807) is 17.0 Å². The van der Waals surface area contributed by atoms with Gasteiger partial charge in [0.15, 0.2) is 0 Å². The van der Waals surface area contributed by atoms with Gasteiger partial charge in [0.1, 0.15) is 5.82 Å². The zero-order valence-corrected chi connectivity index (χ0v) is 13.8. The Hall–Kier alpha value is -1.91. The van der Waals surface area contributed by atoms with Crippen molar-refractivity contribution in [2.24, 2.45) is 5.92 Å². The summed E-state index contributed by atoms with van der Waals surface area (Å²) in [5.74, 6) is 0.136. The van der Waals surface area contributed by atoms with E-state index in [0.29, 0.717) is 31.0 Å². The summed E-state index contributed by atoms with van der Waals surface area (Å²) in [7, 11) is 0. The molecule has 1 aromatic rings.